The molecule has 66 valence electrons. The Labute approximate surface area is 76.3 Å². The zero-order valence-corrected chi connectivity index (χ0v) is 8.14. The Balaban J connectivity index is 3.22. The summed E-state index contributed by atoms with van der Waals surface area (Å²) in [5.74, 6) is -0.0346. The van der Waals surface area contributed by atoms with Gasteiger partial charge < -0.3 is 0 Å². The minimum absolute atomic E-state index is 0.0212. The monoisotopic (exact) mass is 186 g/mol. The highest BCUT2D eigenvalue weighted by Crippen LogP contribution is 2.12. The SMILES string of the molecule is Cc1nn(C)c(C)c1C(=O)CCl. The summed E-state index contributed by atoms with van der Waals surface area (Å²) in [6.45, 7) is 3.67. The van der Waals surface area contributed by atoms with E-state index in [1.165, 1.54) is 0 Å². The van der Waals surface area contributed by atoms with Crippen LogP contribution in [0.25, 0.3) is 0 Å². The average Bonchev–Trinajstić information content (AvgIpc) is 2.26. The van der Waals surface area contributed by atoms with Crippen LogP contribution in [-0.2, 0) is 7.05 Å². The van der Waals surface area contributed by atoms with E-state index < -0.39 is 0 Å². The summed E-state index contributed by atoms with van der Waals surface area (Å²) in [7, 11) is 1.81. The topological polar surface area (TPSA) is 34.9 Å². The lowest BCUT2D eigenvalue weighted by Gasteiger charge is -1.96. The minimum atomic E-state index is -0.0558. The molecule has 0 fully saturated rings. The van der Waals surface area contributed by atoms with Crippen LogP contribution in [0.5, 0.6) is 0 Å². The van der Waals surface area contributed by atoms with Crippen LogP contribution in [0.2, 0.25) is 0 Å². The van der Waals surface area contributed by atoms with Crippen molar-refractivity contribution in [2.24, 2.45) is 7.05 Å². The predicted octanol–water partition coefficient (Wildman–Crippen LogP) is 1.46. The fourth-order valence-corrected chi connectivity index (χ4v) is 1.38. The summed E-state index contributed by atoms with van der Waals surface area (Å²) < 4.78 is 1.69. The third-order valence-corrected chi connectivity index (χ3v) is 2.15. The molecule has 0 saturated carbocycles. The molecule has 12 heavy (non-hydrogen) atoms. The average molecular weight is 187 g/mol. The number of aryl methyl sites for hydroxylation is 2. The largest absolute Gasteiger partial charge is 0.293 e. The van der Waals surface area contributed by atoms with Crippen molar-refractivity contribution in [3.63, 3.8) is 0 Å². The molecule has 4 heteroatoms. The Bertz CT molecular complexity index is 317. The molecule has 0 radical (unpaired) electrons. The number of rotatable bonds is 2. The van der Waals surface area contributed by atoms with Crippen LogP contribution in [0, 0.1) is 13.8 Å². The summed E-state index contributed by atoms with van der Waals surface area (Å²) >= 11 is 5.45. The van der Waals surface area contributed by atoms with Gasteiger partial charge in [0.25, 0.3) is 0 Å². The second-order valence-electron chi connectivity index (χ2n) is 2.73. The maximum atomic E-state index is 11.3. The van der Waals surface area contributed by atoms with Crippen molar-refractivity contribution in [3.8, 4) is 0 Å². The highest BCUT2D eigenvalue weighted by atomic mass is 35.5. The molecule has 1 rings (SSSR count). The van der Waals surface area contributed by atoms with Crippen LogP contribution in [0.3, 0.4) is 0 Å². The van der Waals surface area contributed by atoms with E-state index in [1.54, 1.807) is 4.68 Å². The van der Waals surface area contributed by atoms with Crippen LogP contribution in [0.4, 0.5) is 0 Å². The van der Waals surface area contributed by atoms with Gasteiger partial charge in [0.1, 0.15) is 0 Å². The van der Waals surface area contributed by atoms with Gasteiger partial charge in [0.15, 0.2) is 5.78 Å². The molecular weight excluding hydrogens is 176 g/mol. The number of hydrogen-bond acceptors (Lipinski definition) is 2. The number of halogens is 1. The second-order valence-corrected chi connectivity index (χ2v) is 2.99. The van der Waals surface area contributed by atoms with Crippen molar-refractivity contribution < 1.29 is 4.79 Å². The van der Waals surface area contributed by atoms with Gasteiger partial charge in [-0.2, -0.15) is 5.10 Å². The highest BCUT2D eigenvalue weighted by Gasteiger charge is 2.15. The number of ketones is 1. The van der Waals surface area contributed by atoms with Gasteiger partial charge in [-0.1, -0.05) is 0 Å². The summed E-state index contributed by atoms with van der Waals surface area (Å²) in [4.78, 5) is 11.3. The molecule has 1 heterocycles. The first-order valence-corrected chi connectivity index (χ1v) is 4.20. The zero-order valence-electron chi connectivity index (χ0n) is 7.39. The Kier molecular flexibility index (Phi) is 2.52. The van der Waals surface area contributed by atoms with Gasteiger partial charge in [0.05, 0.1) is 17.1 Å². The van der Waals surface area contributed by atoms with Gasteiger partial charge in [-0.25, -0.2) is 0 Å². The van der Waals surface area contributed by atoms with E-state index in [0.29, 0.717) is 5.56 Å². The Morgan fingerprint density at radius 3 is 2.50 bits per heavy atom. The summed E-state index contributed by atoms with van der Waals surface area (Å²) in [5.41, 5.74) is 2.28. The number of nitrogens with zero attached hydrogens (tertiary/aromatic N) is 2. The zero-order chi connectivity index (χ0) is 9.30. The van der Waals surface area contributed by atoms with Crippen molar-refractivity contribution in [2.45, 2.75) is 13.8 Å². The first-order chi connectivity index (χ1) is 5.57. The van der Waals surface area contributed by atoms with Gasteiger partial charge in [-0.15, -0.1) is 11.6 Å². The molecule has 0 aliphatic heterocycles. The Morgan fingerprint density at radius 2 is 2.17 bits per heavy atom. The Hall–Kier alpha value is -0.830. The summed E-state index contributed by atoms with van der Waals surface area (Å²) in [6.07, 6.45) is 0. The minimum Gasteiger partial charge on any atom is -0.293 e. The van der Waals surface area contributed by atoms with Crippen LogP contribution in [-0.4, -0.2) is 21.4 Å². The molecular formula is C8H11ClN2O. The lowest BCUT2D eigenvalue weighted by Crippen LogP contribution is -2.03. The smallest absolute Gasteiger partial charge is 0.181 e. The van der Waals surface area contributed by atoms with Gasteiger partial charge in [-0.05, 0) is 13.8 Å². The van der Waals surface area contributed by atoms with Gasteiger partial charge in [0, 0.05) is 12.7 Å². The van der Waals surface area contributed by atoms with E-state index in [-0.39, 0.29) is 11.7 Å². The van der Waals surface area contributed by atoms with Crippen molar-refractivity contribution in [1.82, 2.24) is 9.78 Å². The summed E-state index contributed by atoms with van der Waals surface area (Å²) in [5, 5.41) is 4.12. The van der Waals surface area contributed by atoms with Gasteiger partial charge in [-0.3, -0.25) is 9.48 Å². The molecule has 0 atom stereocenters. The highest BCUT2D eigenvalue weighted by molar-refractivity contribution is 6.30. The molecule has 0 bridgehead atoms. The maximum absolute atomic E-state index is 11.3. The molecule has 0 amide bonds. The number of carbonyl (C=O) groups is 1. The predicted molar refractivity (Wildman–Crippen MR) is 47.7 cm³/mol. The first kappa shape index (κ1) is 9.26. The molecule has 0 saturated heterocycles. The van der Waals surface area contributed by atoms with E-state index in [0.717, 1.165) is 11.4 Å². The fraction of sp³-hybridized carbons (Fsp3) is 0.500. The Morgan fingerprint density at radius 1 is 1.58 bits per heavy atom. The molecule has 3 nitrogen and oxygen atoms in total. The number of Topliss-reactive ketones (excluding diaryl/α,β-unsaturated/α-hetero) is 1. The maximum Gasteiger partial charge on any atom is 0.181 e. The van der Waals surface area contributed by atoms with Crippen molar-refractivity contribution in [2.75, 3.05) is 5.88 Å². The number of aromatic nitrogens is 2. The number of hydrogen-bond donors (Lipinski definition) is 0. The quantitative estimate of drug-likeness (QED) is 0.518. The van der Waals surface area contributed by atoms with Crippen LogP contribution in [0.1, 0.15) is 21.7 Å². The van der Waals surface area contributed by atoms with E-state index in [1.807, 2.05) is 20.9 Å². The van der Waals surface area contributed by atoms with Crippen molar-refractivity contribution in [1.29, 1.82) is 0 Å². The standard InChI is InChI=1S/C8H11ClN2O/c1-5-8(7(12)4-9)6(2)11(3)10-5/h4H2,1-3H3. The summed E-state index contributed by atoms with van der Waals surface area (Å²) in [6, 6.07) is 0. The third-order valence-electron chi connectivity index (χ3n) is 1.91. The molecule has 0 spiro atoms. The molecule has 0 aliphatic rings. The molecule has 1 aromatic rings. The van der Waals surface area contributed by atoms with E-state index >= 15 is 0 Å². The van der Waals surface area contributed by atoms with Crippen molar-refractivity contribution in [3.05, 3.63) is 17.0 Å². The molecule has 0 aliphatic carbocycles. The third kappa shape index (κ3) is 1.37. The molecule has 0 unspecified atom stereocenters. The normalized spacial score (nSPS) is 10.3. The van der Waals surface area contributed by atoms with Crippen molar-refractivity contribution >= 4 is 17.4 Å². The van der Waals surface area contributed by atoms with Crippen LogP contribution in [0.15, 0.2) is 0 Å². The van der Waals surface area contributed by atoms with Gasteiger partial charge in [0.2, 0.25) is 0 Å². The molecule has 0 N–H and O–H groups in total. The van der Waals surface area contributed by atoms with Crippen LogP contribution < -0.4 is 0 Å². The van der Waals surface area contributed by atoms with Crippen LogP contribution >= 0.6 is 11.6 Å². The lowest BCUT2D eigenvalue weighted by atomic mass is 10.1. The lowest BCUT2D eigenvalue weighted by molar-refractivity contribution is 0.102. The van der Waals surface area contributed by atoms with E-state index in [9.17, 15) is 4.79 Å². The second kappa shape index (κ2) is 3.27. The number of alkyl halides is 1. The van der Waals surface area contributed by atoms with E-state index in [4.69, 9.17) is 11.6 Å². The van der Waals surface area contributed by atoms with Gasteiger partial charge >= 0.3 is 0 Å². The first-order valence-electron chi connectivity index (χ1n) is 3.67. The van der Waals surface area contributed by atoms with E-state index in [2.05, 4.69) is 5.10 Å². The molecule has 0 aromatic carbocycles. The molecule has 1 aromatic heterocycles. The number of carbonyl (C=O) groups excluding carboxylic acids is 1. The fourth-order valence-electron chi connectivity index (χ4n) is 1.24.